The van der Waals surface area contributed by atoms with Crippen LogP contribution in [0.5, 0.6) is 5.75 Å². The number of amides is 1. The number of carbonyl (C=O) groups is 1. The van der Waals surface area contributed by atoms with Crippen LogP contribution in [0.3, 0.4) is 0 Å². The molecule has 1 aromatic carbocycles. The molecule has 2 N–H and O–H groups in total. The summed E-state index contributed by atoms with van der Waals surface area (Å²) in [7, 11) is 0. The Morgan fingerprint density at radius 3 is 2.54 bits per heavy atom. The van der Waals surface area contributed by atoms with E-state index in [4.69, 9.17) is 15.5 Å². The number of benzene rings is 1. The van der Waals surface area contributed by atoms with Gasteiger partial charge in [0.05, 0.1) is 11.8 Å². The average molecular weight is 345 g/mol. The molecule has 0 saturated carbocycles. The van der Waals surface area contributed by atoms with Gasteiger partial charge in [0.2, 0.25) is 5.91 Å². The van der Waals surface area contributed by atoms with Gasteiger partial charge in [-0.15, -0.1) is 11.3 Å². The molecule has 0 atom stereocenters. The fraction of sp³-hybridized carbons (Fsp3) is 0.444. The molecule has 1 saturated heterocycles. The quantitative estimate of drug-likeness (QED) is 0.903. The Labute approximate surface area is 146 Å². The van der Waals surface area contributed by atoms with Gasteiger partial charge in [0.15, 0.2) is 5.13 Å². The number of ether oxygens (including phenoxy) is 1. The van der Waals surface area contributed by atoms with Gasteiger partial charge in [0.25, 0.3) is 0 Å². The van der Waals surface area contributed by atoms with E-state index in [1.54, 1.807) is 11.3 Å². The molecule has 3 rings (SSSR count). The molecule has 2 aromatic rings. The second kappa shape index (κ2) is 7.21. The van der Waals surface area contributed by atoms with Crippen LogP contribution in [0.15, 0.2) is 29.6 Å². The minimum absolute atomic E-state index is 0.00850. The van der Waals surface area contributed by atoms with Crippen molar-refractivity contribution < 1.29 is 9.53 Å². The molecule has 1 aromatic heterocycles. The van der Waals surface area contributed by atoms with E-state index in [9.17, 15) is 4.79 Å². The van der Waals surface area contributed by atoms with Crippen LogP contribution in [0.25, 0.3) is 11.3 Å². The number of piperidine rings is 1. The fourth-order valence-corrected chi connectivity index (χ4v) is 3.76. The van der Waals surface area contributed by atoms with E-state index in [2.05, 4.69) is 10.3 Å². The molecule has 0 aliphatic carbocycles. The molecule has 0 spiro atoms. The van der Waals surface area contributed by atoms with Crippen molar-refractivity contribution >= 4 is 22.4 Å². The minimum Gasteiger partial charge on any atom is -0.491 e. The van der Waals surface area contributed by atoms with Crippen LogP contribution in [0.2, 0.25) is 0 Å². The maximum absolute atomic E-state index is 11.3. The first-order valence-electron chi connectivity index (χ1n) is 8.30. The topological polar surface area (TPSA) is 68.5 Å². The van der Waals surface area contributed by atoms with Crippen LogP contribution < -0.4 is 15.4 Å². The highest BCUT2D eigenvalue weighted by Gasteiger charge is 2.24. The van der Waals surface area contributed by atoms with Gasteiger partial charge in [0, 0.05) is 30.0 Å². The number of anilines is 1. The highest BCUT2D eigenvalue weighted by Crippen LogP contribution is 2.31. The Bertz CT molecular complexity index is 689. The van der Waals surface area contributed by atoms with E-state index < -0.39 is 0 Å². The summed E-state index contributed by atoms with van der Waals surface area (Å²) in [5.41, 5.74) is 7.45. The van der Waals surface area contributed by atoms with E-state index in [0.717, 1.165) is 48.1 Å². The molecule has 0 unspecified atom stereocenters. The van der Waals surface area contributed by atoms with Crippen molar-refractivity contribution in [2.45, 2.75) is 32.8 Å². The summed E-state index contributed by atoms with van der Waals surface area (Å²) in [5.74, 6) is 0.699. The van der Waals surface area contributed by atoms with Gasteiger partial charge < -0.3 is 15.4 Å². The number of nitrogens with zero attached hydrogens (tertiary/aromatic N) is 2. The highest BCUT2D eigenvalue weighted by atomic mass is 32.1. The zero-order chi connectivity index (χ0) is 17.1. The van der Waals surface area contributed by atoms with Crippen LogP contribution in [0, 0.1) is 5.92 Å². The first-order valence-corrected chi connectivity index (χ1v) is 9.18. The van der Waals surface area contributed by atoms with Crippen molar-refractivity contribution in [2.24, 2.45) is 11.7 Å². The zero-order valence-corrected chi connectivity index (χ0v) is 14.9. The van der Waals surface area contributed by atoms with Crippen LogP contribution in [0.4, 0.5) is 5.13 Å². The van der Waals surface area contributed by atoms with E-state index >= 15 is 0 Å². The number of aromatic nitrogens is 1. The number of hydrogen-bond acceptors (Lipinski definition) is 5. The first kappa shape index (κ1) is 16.8. The van der Waals surface area contributed by atoms with Crippen molar-refractivity contribution in [2.75, 3.05) is 18.0 Å². The first-order chi connectivity index (χ1) is 11.5. The maximum atomic E-state index is 11.3. The molecule has 0 bridgehead atoms. The van der Waals surface area contributed by atoms with Crippen molar-refractivity contribution in [1.82, 2.24) is 4.98 Å². The Hall–Kier alpha value is -2.08. The van der Waals surface area contributed by atoms with E-state index in [0.29, 0.717) is 0 Å². The Balaban J connectivity index is 1.66. The number of primary amides is 1. The van der Waals surface area contributed by atoms with Gasteiger partial charge in [-0.1, -0.05) is 0 Å². The summed E-state index contributed by atoms with van der Waals surface area (Å²) < 4.78 is 5.67. The molecule has 2 heterocycles. The smallest absolute Gasteiger partial charge is 0.220 e. The van der Waals surface area contributed by atoms with Crippen molar-refractivity contribution in [3.8, 4) is 17.0 Å². The third-order valence-corrected chi connectivity index (χ3v) is 5.08. The maximum Gasteiger partial charge on any atom is 0.220 e. The molecule has 24 heavy (non-hydrogen) atoms. The number of hydrogen-bond donors (Lipinski definition) is 1. The zero-order valence-electron chi connectivity index (χ0n) is 14.1. The number of nitrogens with two attached hydrogens (primary N) is 1. The third kappa shape index (κ3) is 3.87. The van der Waals surface area contributed by atoms with E-state index in [-0.39, 0.29) is 17.9 Å². The lowest BCUT2D eigenvalue weighted by molar-refractivity contribution is -0.122. The second-order valence-electron chi connectivity index (χ2n) is 6.37. The summed E-state index contributed by atoms with van der Waals surface area (Å²) in [4.78, 5) is 18.3. The van der Waals surface area contributed by atoms with Crippen LogP contribution in [-0.2, 0) is 4.79 Å². The molecule has 128 valence electrons. The van der Waals surface area contributed by atoms with E-state index in [1.807, 2.05) is 38.1 Å². The van der Waals surface area contributed by atoms with Gasteiger partial charge >= 0.3 is 0 Å². The Morgan fingerprint density at radius 1 is 1.29 bits per heavy atom. The lowest BCUT2D eigenvalue weighted by Gasteiger charge is -2.30. The number of carbonyl (C=O) groups excluding carboxylic acids is 1. The van der Waals surface area contributed by atoms with Crippen molar-refractivity contribution in [1.29, 1.82) is 0 Å². The molecule has 1 aliphatic heterocycles. The van der Waals surface area contributed by atoms with Gasteiger partial charge in [-0.2, -0.15) is 0 Å². The second-order valence-corrected chi connectivity index (χ2v) is 7.21. The van der Waals surface area contributed by atoms with Crippen LogP contribution in [-0.4, -0.2) is 30.1 Å². The minimum atomic E-state index is -0.182. The predicted octanol–water partition coefficient (Wildman–Crippen LogP) is 3.30. The van der Waals surface area contributed by atoms with E-state index in [1.165, 1.54) is 0 Å². The summed E-state index contributed by atoms with van der Waals surface area (Å²) >= 11 is 1.64. The molecule has 1 amide bonds. The molecular formula is C18H23N3O2S. The lowest BCUT2D eigenvalue weighted by Crippen LogP contribution is -2.38. The molecule has 0 radical (unpaired) electrons. The monoisotopic (exact) mass is 345 g/mol. The fourth-order valence-electron chi connectivity index (χ4n) is 2.87. The van der Waals surface area contributed by atoms with Gasteiger partial charge in [-0.25, -0.2) is 4.98 Å². The SMILES string of the molecule is CC(C)Oc1ccc(-c2csc(N3CCC(C(N)=O)CC3)n2)cc1. The van der Waals surface area contributed by atoms with Crippen molar-refractivity contribution in [3.05, 3.63) is 29.6 Å². The summed E-state index contributed by atoms with van der Waals surface area (Å²) in [6, 6.07) is 8.03. The largest absolute Gasteiger partial charge is 0.491 e. The number of thiazole rings is 1. The Kier molecular flexibility index (Phi) is 5.04. The van der Waals surface area contributed by atoms with Gasteiger partial charge in [-0.05, 0) is 51.0 Å². The molecular weight excluding hydrogens is 322 g/mol. The summed E-state index contributed by atoms with van der Waals surface area (Å²) in [6.45, 7) is 5.70. The Morgan fingerprint density at radius 2 is 1.96 bits per heavy atom. The molecule has 6 heteroatoms. The van der Waals surface area contributed by atoms with Crippen LogP contribution >= 0.6 is 11.3 Å². The van der Waals surface area contributed by atoms with Crippen LogP contribution in [0.1, 0.15) is 26.7 Å². The summed E-state index contributed by atoms with van der Waals surface area (Å²) in [6.07, 6.45) is 1.79. The molecule has 1 fully saturated rings. The average Bonchev–Trinajstić information content (AvgIpc) is 3.05. The number of rotatable bonds is 5. The molecule has 5 nitrogen and oxygen atoms in total. The normalized spacial score (nSPS) is 15.7. The molecule has 1 aliphatic rings. The lowest BCUT2D eigenvalue weighted by atomic mass is 9.97. The highest BCUT2D eigenvalue weighted by molar-refractivity contribution is 7.14. The van der Waals surface area contributed by atoms with Gasteiger partial charge in [0.1, 0.15) is 5.75 Å². The third-order valence-electron chi connectivity index (χ3n) is 4.18. The van der Waals surface area contributed by atoms with Gasteiger partial charge in [-0.3, -0.25) is 4.79 Å². The summed E-state index contributed by atoms with van der Waals surface area (Å²) in [5, 5.41) is 3.09. The van der Waals surface area contributed by atoms with Crippen molar-refractivity contribution in [3.63, 3.8) is 0 Å². The predicted molar refractivity (Wildman–Crippen MR) is 97.4 cm³/mol. The standard InChI is InChI=1S/C18H23N3O2S/c1-12(2)23-15-5-3-13(4-6-15)16-11-24-18(20-16)21-9-7-14(8-10-21)17(19)22/h3-6,11-12,14H,7-10H2,1-2H3,(H2,19,22).